The fraction of sp³-hybridized carbons (Fsp3) is 0.571. The summed E-state index contributed by atoms with van der Waals surface area (Å²) in [6.07, 6.45) is 1.90. The monoisotopic (exact) mass is 153 g/mol. The summed E-state index contributed by atoms with van der Waals surface area (Å²) >= 11 is 0. The maximum atomic E-state index is 9.91. The predicted molar refractivity (Wildman–Crippen MR) is 44.5 cm³/mol. The lowest BCUT2D eigenvalue weighted by Crippen LogP contribution is -2.28. The molecule has 0 bridgehead atoms. The van der Waals surface area contributed by atoms with Crippen molar-refractivity contribution < 1.29 is 0 Å². The van der Waals surface area contributed by atoms with E-state index in [0.29, 0.717) is 0 Å². The second kappa shape index (κ2) is 3.27. The Morgan fingerprint density at radius 2 is 2.55 bits per heavy atom. The van der Waals surface area contributed by atoms with Gasteiger partial charge in [0.25, 0.3) is 0 Å². The molecule has 1 N–H and O–H groups in total. The summed E-state index contributed by atoms with van der Waals surface area (Å²) in [7, 11) is 0. The minimum Gasteiger partial charge on any atom is -0.368 e. The summed E-state index contributed by atoms with van der Waals surface area (Å²) < 4.78 is 0. The van der Waals surface area contributed by atoms with Crippen molar-refractivity contribution in [3.8, 4) is 0 Å². The van der Waals surface area contributed by atoms with Crippen molar-refractivity contribution in [2.24, 2.45) is 10.2 Å². The third kappa shape index (κ3) is 2.14. The lowest BCUT2D eigenvalue weighted by Gasteiger charge is -2.17. The third-order valence-electron chi connectivity index (χ3n) is 1.41. The average Bonchev–Trinajstić information content (AvgIpc) is 1.85. The van der Waals surface area contributed by atoms with Gasteiger partial charge in [-0.25, -0.2) is 0 Å². The molecule has 0 aromatic heterocycles. The van der Waals surface area contributed by atoms with Gasteiger partial charge in [-0.3, -0.25) is 4.99 Å². The molecule has 60 valence electrons. The van der Waals surface area contributed by atoms with Gasteiger partial charge >= 0.3 is 0 Å². The molecular weight excluding hydrogens is 142 g/mol. The van der Waals surface area contributed by atoms with Gasteiger partial charge in [0.15, 0.2) is 0 Å². The third-order valence-corrected chi connectivity index (χ3v) is 1.41. The van der Waals surface area contributed by atoms with Crippen LogP contribution in [0.2, 0.25) is 0 Å². The first-order valence-electron chi connectivity index (χ1n) is 3.53. The average molecular weight is 153 g/mol. The van der Waals surface area contributed by atoms with Crippen LogP contribution in [0.3, 0.4) is 0 Å². The Morgan fingerprint density at radius 3 is 3.09 bits per heavy atom. The van der Waals surface area contributed by atoms with Crippen LogP contribution in [0.1, 0.15) is 13.8 Å². The summed E-state index contributed by atoms with van der Waals surface area (Å²) in [6.45, 7) is 4.04. The highest BCUT2D eigenvalue weighted by molar-refractivity contribution is 5.97. The zero-order valence-electron chi connectivity index (χ0n) is 6.66. The molecule has 0 fully saturated rings. The topological polar surface area (TPSA) is 53.8 Å². The fourth-order valence-corrected chi connectivity index (χ4v) is 1.09. The molecule has 1 aliphatic heterocycles. The Balaban J connectivity index is 2.69. The van der Waals surface area contributed by atoms with Crippen LogP contribution in [-0.4, -0.2) is 18.4 Å². The van der Waals surface area contributed by atoms with Crippen molar-refractivity contribution in [3.63, 3.8) is 0 Å². The van der Waals surface area contributed by atoms with Crippen molar-refractivity contribution in [1.29, 1.82) is 0 Å². The smallest absolute Gasteiger partial charge is 0.123 e. The van der Waals surface area contributed by atoms with E-state index in [9.17, 15) is 4.91 Å². The van der Waals surface area contributed by atoms with Crippen molar-refractivity contribution in [1.82, 2.24) is 5.32 Å². The molecule has 0 saturated carbocycles. The highest BCUT2D eigenvalue weighted by Gasteiger charge is 2.07. The molecule has 0 aromatic carbocycles. The van der Waals surface area contributed by atoms with Gasteiger partial charge < -0.3 is 5.32 Å². The zero-order valence-corrected chi connectivity index (χ0v) is 6.66. The number of hydrogen-bond donors (Lipinski definition) is 1. The van der Waals surface area contributed by atoms with E-state index in [1.807, 2.05) is 19.9 Å². The number of allylic oxidation sites excluding steroid dienone is 1. The van der Waals surface area contributed by atoms with E-state index >= 15 is 0 Å². The highest BCUT2D eigenvalue weighted by Crippen LogP contribution is 2.02. The Morgan fingerprint density at radius 1 is 1.82 bits per heavy atom. The number of aliphatic imine (C=N–C) groups is 1. The lowest BCUT2D eigenvalue weighted by atomic mass is 10.2. The first-order chi connectivity index (χ1) is 5.22. The van der Waals surface area contributed by atoms with E-state index in [1.165, 1.54) is 0 Å². The van der Waals surface area contributed by atoms with E-state index in [-0.39, 0.29) is 12.7 Å². The SMILES string of the molecule is CC1=CC(CN=O)=NC(C)N1. The number of rotatable bonds is 2. The van der Waals surface area contributed by atoms with Gasteiger partial charge in [0.1, 0.15) is 12.7 Å². The molecule has 0 radical (unpaired) electrons. The van der Waals surface area contributed by atoms with E-state index in [2.05, 4.69) is 15.5 Å². The summed E-state index contributed by atoms with van der Waals surface area (Å²) in [6, 6.07) is 0. The van der Waals surface area contributed by atoms with Gasteiger partial charge in [-0.2, -0.15) is 4.91 Å². The van der Waals surface area contributed by atoms with Gasteiger partial charge in [0.2, 0.25) is 0 Å². The summed E-state index contributed by atoms with van der Waals surface area (Å²) in [5.41, 5.74) is 1.79. The lowest BCUT2D eigenvalue weighted by molar-refractivity contribution is 0.634. The van der Waals surface area contributed by atoms with Gasteiger partial charge in [0, 0.05) is 5.70 Å². The molecule has 0 saturated heterocycles. The van der Waals surface area contributed by atoms with E-state index in [4.69, 9.17) is 0 Å². The van der Waals surface area contributed by atoms with Crippen molar-refractivity contribution in [2.75, 3.05) is 6.54 Å². The highest BCUT2D eigenvalue weighted by atomic mass is 16.3. The normalized spacial score (nSPS) is 23.3. The molecule has 4 heteroatoms. The second-order valence-electron chi connectivity index (χ2n) is 2.56. The van der Waals surface area contributed by atoms with Gasteiger partial charge in [-0.05, 0) is 19.9 Å². The molecule has 0 aliphatic carbocycles. The molecule has 4 nitrogen and oxygen atoms in total. The van der Waals surface area contributed by atoms with Crippen LogP contribution in [0.15, 0.2) is 21.9 Å². The van der Waals surface area contributed by atoms with Crippen molar-refractivity contribution in [3.05, 3.63) is 16.7 Å². The van der Waals surface area contributed by atoms with Crippen LogP contribution in [0.4, 0.5) is 0 Å². The van der Waals surface area contributed by atoms with E-state index < -0.39 is 0 Å². The minimum absolute atomic E-state index is 0.0664. The molecule has 1 heterocycles. The number of nitroso groups, excluding NO2 is 1. The molecule has 1 rings (SSSR count). The Hall–Kier alpha value is -1.19. The van der Waals surface area contributed by atoms with E-state index in [1.54, 1.807) is 0 Å². The first-order valence-corrected chi connectivity index (χ1v) is 3.53. The standard InChI is InChI=1S/C7H11N3O/c1-5-3-7(4-8-11)10-6(2)9-5/h3,6,9H,4H2,1-2H3. The number of hydrogen-bond acceptors (Lipinski definition) is 4. The molecule has 1 aliphatic rings. The quantitative estimate of drug-likeness (QED) is 0.603. The van der Waals surface area contributed by atoms with Crippen LogP contribution >= 0.6 is 0 Å². The van der Waals surface area contributed by atoms with Crippen molar-refractivity contribution >= 4 is 5.71 Å². The molecule has 11 heavy (non-hydrogen) atoms. The molecule has 1 unspecified atom stereocenters. The van der Waals surface area contributed by atoms with Crippen LogP contribution in [0, 0.1) is 4.91 Å². The van der Waals surface area contributed by atoms with Gasteiger partial charge in [-0.1, -0.05) is 5.18 Å². The van der Waals surface area contributed by atoms with Crippen LogP contribution in [-0.2, 0) is 0 Å². The summed E-state index contributed by atoms with van der Waals surface area (Å²) in [5, 5.41) is 5.87. The maximum absolute atomic E-state index is 9.91. The fourth-order valence-electron chi connectivity index (χ4n) is 1.09. The molecular formula is C7H11N3O. The second-order valence-corrected chi connectivity index (χ2v) is 2.56. The van der Waals surface area contributed by atoms with Gasteiger partial charge in [0.05, 0.1) is 5.71 Å². The number of nitrogens with one attached hydrogen (secondary N) is 1. The Bertz CT molecular complexity index is 220. The summed E-state index contributed by atoms with van der Waals surface area (Å²) in [5.74, 6) is 0. The van der Waals surface area contributed by atoms with Crippen LogP contribution in [0.25, 0.3) is 0 Å². The molecule has 0 aromatic rings. The number of nitrogens with zero attached hydrogens (tertiary/aromatic N) is 2. The predicted octanol–water partition coefficient (Wildman–Crippen LogP) is 1.05. The Kier molecular flexibility index (Phi) is 2.36. The molecule has 0 amide bonds. The van der Waals surface area contributed by atoms with Crippen LogP contribution < -0.4 is 5.32 Å². The molecule has 1 atom stereocenters. The first kappa shape index (κ1) is 7.91. The van der Waals surface area contributed by atoms with Crippen molar-refractivity contribution in [2.45, 2.75) is 20.0 Å². The Labute approximate surface area is 65.4 Å². The van der Waals surface area contributed by atoms with Gasteiger partial charge in [-0.15, -0.1) is 0 Å². The van der Waals surface area contributed by atoms with E-state index in [0.717, 1.165) is 11.4 Å². The van der Waals surface area contributed by atoms with Crippen LogP contribution in [0.5, 0.6) is 0 Å². The summed E-state index contributed by atoms with van der Waals surface area (Å²) in [4.78, 5) is 14.1. The zero-order chi connectivity index (χ0) is 8.27. The largest absolute Gasteiger partial charge is 0.368 e. The molecule has 0 spiro atoms. The minimum atomic E-state index is 0.0664. The maximum Gasteiger partial charge on any atom is 0.123 e.